The van der Waals surface area contributed by atoms with Gasteiger partial charge in [-0.3, -0.25) is 4.79 Å². The number of rotatable bonds is 3. The van der Waals surface area contributed by atoms with Crippen molar-refractivity contribution in [3.63, 3.8) is 0 Å². The van der Waals surface area contributed by atoms with Crippen LogP contribution in [0.25, 0.3) is 0 Å². The smallest absolute Gasteiger partial charge is 0.371 e. The van der Waals surface area contributed by atoms with Crippen molar-refractivity contribution in [2.24, 2.45) is 5.73 Å². The Morgan fingerprint density at radius 1 is 1.41 bits per heavy atom. The predicted molar refractivity (Wildman–Crippen MR) is 59.8 cm³/mol. The van der Waals surface area contributed by atoms with Gasteiger partial charge in [-0.2, -0.15) is 0 Å². The lowest BCUT2D eigenvalue weighted by Gasteiger charge is -2.33. The van der Waals surface area contributed by atoms with Crippen molar-refractivity contribution < 1.29 is 19.1 Å². The van der Waals surface area contributed by atoms with Crippen LogP contribution in [0.2, 0.25) is 0 Å². The second-order valence-electron chi connectivity index (χ2n) is 4.05. The molecule has 1 atom stereocenters. The van der Waals surface area contributed by atoms with E-state index >= 15 is 0 Å². The fourth-order valence-corrected chi connectivity index (χ4v) is 2.09. The first-order valence-corrected chi connectivity index (χ1v) is 5.48. The van der Waals surface area contributed by atoms with Crippen LogP contribution in [0.3, 0.4) is 0 Å². The van der Waals surface area contributed by atoms with Gasteiger partial charge >= 0.3 is 5.97 Å². The molecule has 1 saturated heterocycles. The zero-order valence-electron chi connectivity index (χ0n) is 9.26. The second-order valence-corrected chi connectivity index (χ2v) is 4.05. The van der Waals surface area contributed by atoms with E-state index in [-0.39, 0.29) is 5.76 Å². The van der Waals surface area contributed by atoms with Gasteiger partial charge in [-0.25, -0.2) is 4.79 Å². The number of primary amides is 1. The van der Waals surface area contributed by atoms with E-state index in [0.29, 0.717) is 18.8 Å². The molecule has 0 bridgehead atoms. The van der Waals surface area contributed by atoms with E-state index in [2.05, 4.69) is 0 Å². The van der Waals surface area contributed by atoms with E-state index in [1.54, 1.807) is 11.0 Å². The van der Waals surface area contributed by atoms with Crippen molar-refractivity contribution in [3.05, 3.63) is 17.9 Å². The number of hydrogen-bond donors (Lipinski definition) is 2. The molecule has 17 heavy (non-hydrogen) atoms. The van der Waals surface area contributed by atoms with Crippen LogP contribution in [0.15, 0.2) is 16.5 Å². The molecule has 2 rings (SSSR count). The molecule has 0 spiro atoms. The number of furan rings is 1. The number of amides is 1. The summed E-state index contributed by atoms with van der Waals surface area (Å²) >= 11 is 0. The third-order valence-corrected chi connectivity index (χ3v) is 2.92. The maximum Gasteiger partial charge on any atom is 0.371 e. The normalized spacial score (nSPS) is 20.2. The molecule has 3 N–H and O–H groups in total. The van der Waals surface area contributed by atoms with Crippen LogP contribution < -0.4 is 10.6 Å². The van der Waals surface area contributed by atoms with Crippen LogP contribution in [-0.4, -0.2) is 29.6 Å². The second kappa shape index (κ2) is 4.48. The molecule has 92 valence electrons. The van der Waals surface area contributed by atoms with Gasteiger partial charge in [0.15, 0.2) is 5.88 Å². The van der Waals surface area contributed by atoms with E-state index in [1.165, 1.54) is 6.07 Å². The first kappa shape index (κ1) is 11.5. The van der Waals surface area contributed by atoms with Crippen molar-refractivity contribution in [3.8, 4) is 0 Å². The molecule has 1 aliphatic rings. The summed E-state index contributed by atoms with van der Waals surface area (Å²) in [6.07, 6.45) is 2.56. The van der Waals surface area contributed by atoms with Crippen LogP contribution in [0, 0.1) is 0 Å². The average molecular weight is 238 g/mol. The van der Waals surface area contributed by atoms with Crippen molar-refractivity contribution >= 4 is 17.8 Å². The highest BCUT2D eigenvalue weighted by Gasteiger charge is 2.29. The van der Waals surface area contributed by atoms with Crippen molar-refractivity contribution in [1.29, 1.82) is 0 Å². The number of carboxylic acids is 1. The van der Waals surface area contributed by atoms with Gasteiger partial charge in [0.05, 0.1) is 0 Å². The average Bonchev–Trinajstić information content (AvgIpc) is 2.78. The van der Waals surface area contributed by atoms with E-state index < -0.39 is 17.9 Å². The van der Waals surface area contributed by atoms with Crippen molar-refractivity contribution in [2.45, 2.75) is 25.3 Å². The molecule has 1 amide bonds. The highest BCUT2D eigenvalue weighted by molar-refractivity contribution is 5.86. The highest BCUT2D eigenvalue weighted by atomic mass is 16.4. The summed E-state index contributed by atoms with van der Waals surface area (Å²) in [4.78, 5) is 23.7. The van der Waals surface area contributed by atoms with Crippen LogP contribution in [0.1, 0.15) is 29.8 Å². The summed E-state index contributed by atoms with van der Waals surface area (Å²) in [6, 6.07) is 2.53. The van der Waals surface area contributed by atoms with Crippen molar-refractivity contribution in [1.82, 2.24) is 0 Å². The molecule has 0 radical (unpaired) electrons. The summed E-state index contributed by atoms with van der Waals surface area (Å²) in [5.41, 5.74) is 5.32. The van der Waals surface area contributed by atoms with Gasteiger partial charge < -0.3 is 20.2 Å². The van der Waals surface area contributed by atoms with Crippen LogP contribution in [-0.2, 0) is 4.79 Å². The van der Waals surface area contributed by atoms with Crippen molar-refractivity contribution in [2.75, 3.05) is 11.4 Å². The molecule has 1 aromatic heterocycles. The standard InChI is InChI=1S/C11H14N2O4/c12-10(14)7-3-1-2-6-13(7)9-5-4-8(17-9)11(15)16/h4-5,7H,1-3,6H2,(H2,12,14)(H,15,16). The first-order chi connectivity index (χ1) is 8.09. The third kappa shape index (κ3) is 2.25. The van der Waals surface area contributed by atoms with Gasteiger partial charge in [0, 0.05) is 12.6 Å². The topological polar surface area (TPSA) is 96.8 Å². The van der Waals surface area contributed by atoms with Crippen LogP contribution >= 0.6 is 0 Å². The molecule has 2 heterocycles. The number of carbonyl (C=O) groups is 2. The molecule has 1 unspecified atom stereocenters. The Morgan fingerprint density at radius 3 is 2.76 bits per heavy atom. The van der Waals surface area contributed by atoms with Gasteiger partial charge in [-0.05, 0) is 25.3 Å². The van der Waals surface area contributed by atoms with E-state index in [4.69, 9.17) is 15.3 Å². The summed E-state index contributed by atoms with van der Waals surface area (Å²) in [5, 5.41) is 8.77. The van der Waals surface area contributed by atoms with Gasteiger partial charge in [0.25, 0.3) is 0 Å². The lowest BCUT2D eigenvalue weighted by atomic mass is 10.0. The fourth-order valence-electron chi connectivity index (χ4n) is 2.09. The SMILES string of the molecule is NC(=O)C1CCCCN1c1ccc(C(=O)O)o1. The summed E-state index contributed by atoms with van der Waals surface area (Å²) in [5.74, 6) is -1.26. The van der Waals surface area contributed by atoms with Gasteiger partial charge in [-0.1, -0.05) is 0 Å². The maximum atomic E-state index is 11.3. The summed E-state index contributed by atoms with van der Waals surface area (Å²) < 4.78 is 5.18. The number of hydrogen-bond acceptors (Lipinski definition) is 4. The number of nitrogens with two attached hydrogens (primary N) is 1. The quantitative estimate of drug-likeness (QED) is 0.812. The highest BCUT2D eigenvalue weighted by Crippen LogP contribution is 2.26. The molecular formula is C11H14N2O4. The Morgan fingerprint density at radius 2 is 2.18 bits per heavy atom. The zero-order valence-corrected chi connectivity index (χ0v) is 9.26. The minimum absolute atomic E-state index is 0.131. The number of nitrogens with zero attached hydrogens (tertiary/aromatic N) is 1. The number of carboxylic acid groups (broad SMARTS) is 1. The lowest BCUT2D eigenvalue weighted by Crippen LogP contribution is -2.47. The number of piperidine rings is 1. The minimum Gasteiger partial charge on any atom is -0.475 e. The van der Waals surface area contributed by atoms with Gasteiger partial charge in [0.1, 0.15) is 6.04 Å². The van der Waals surface area contributed by atoms with E-state index in [0.717, 1.165) is 12.8 Å². The van der Waals surface area contributed by atoms with Gasteiger partial charge in [0.2, 0.25) is 11.7 Å². The van der Waals surface area contributed by atoms with Gasteiger partial charge in [-0.15, -0.1) is 0 Å². The van der Waals surface area contributed by atoms with Crippen LogP contribution in [0.5, 0.6) is 0 Å². The molecule has 1 fully saturated rings. The lowest BCUT2D eigenvalue weighted by molar-refractivity contribution is -0.119. The van der Waals surface area contributed by atoms with Crippen LogP contribution in [0.4, 0.5) is 5.88 Å². The molecule has 6 heteroatoms. The summed E-state index contributed by atoms with van der Waals surface area (Å²) in [6.45, 7) is 0.653. The molecule has 1 aliphatic heterocycles. The molecular weight excluding hydrogens is 224 g/mol. The molecule has 6 nitrogen and oxygen atoms in total. The first-order valence-electron chi connectivity index (χ1n) is 5.48. The number of carbonyl (C=O) groups excluding carboxylic acids is 1. The largest absolute Gasteiger partial charge is 0.475 e. The van der Waals surface area contributed by atoms with E-state index in [9.17, 15) is 9.59 Å². The minimum atomic E-state index is -1.12. The van der Waals surface area contributed by atoms with E-state index in [1.807, 2.05) is 0 Å². The molecule has 1 aromatic rings. The predicted octanol–water partition coefficient (Wildman–Crippen LogP) is 0.822. The Kier molecular flexibility index (Phi) is 3.03. The third-order valence-electron chi connectivity index (χ3n) is 2.92. The molecule has 0 saturated carbocycles. The number of anilines is 1. The Labute approximate surface area is 98.0 Å². The maximum absolute atomic E-state index is 11.3. The molecule has 0 aliphatic carbocycles. The Bertz CT molecular complexity index is 440. The Hall–Kier alpha value is -1.98. The molecule has 0 aromatic carbocycles. The fraction of sp³-hybridized carbons (Fsp3) is 0.455. The Balaban J connectivity index is 2.23. The summed E-state index contributed by atoms with van der Waals surface area (Å²) in [7, 11) is 0. The zero-order chi connectivity index (χ0) is 12.4. The monoisotopic (exact) mass is 238 g/mol. The number of aromatic carboxylic acids is 1.